The van der Waals surface area contributed by atoms with E-state index < -0.39 is 23.7 Å². The summed E-state index contributed by atoms with van der Waals surface area (Å²) >= 11 is 0. The number of hydrogen-bond acceptors (Lipinski definition) is 3. The Kier molecular flexibility index (Phi) is 8.07. The lowest BCUT2D eigenvalue weighted by molar-refractivity contribution is -0.140. The minimum atomic E-state index is -1.04. The molecule has 3 atom stereocenters. The Balaban J connectivity index is 4.43. The molecule has 0 aliphatic carbocycles. The van der Waals surface area contributed by atoms with Crippen molar-refractivity contribution in [2.75, 3.05) is 0 Å². The fraction of sp³-hybridized carbons (Fsp3) is 0.750. The number of carboxylic acid groups (broad SMARTS) is 1. The summed E-state index contributed by atoms with van der Waals surface area (Å²) < 4.78 is 5.10. The number of ether oxygens (including phenoxy) is 1. The zero-order valence-electron chi connectivity index (χ0n) is 13.8. The van der Waals surface area contributed by atoms with Gasteiger partial charge >= 0.3 is 12.1 Å². The maximum absolute atomic E-state index is 11.7. The van der Waals surface area contributed by atoms with E-state index in [0.717, 1.165) is 19.3 Å². The summed E-state index contributed by atoms with van der Waals surface area (Å²) in [6.07, 6.45) is 3.78. The van der Waals surface area contributed by atoms with Gasteiger partial charge in [0, 0.05) is 0 Å². The van der Waals surface area contributed by atoms with E-state index in [4.69, 9.17) is 4.74 Å². The molecule has 0 aliphatic heterocycles. The van der Waals surface area contributed by atoms with Crippen molar-refractivity contribution < 1.29 is 19.4 Å². The van der Waals surface area contributed by atoms with Gasteiger partial charge in [-0.25, -0.2) is 9.59 Å². The molecule has 0 aromatic rings. The molecule has 2 N–H and O–H groups in total. The molecule has 3 unspecified atom stereocenters. The largest absolute Gasteiger partial charge is 0.480 e. The molecular weight excluding hydrogens is 270 g/mol. The van der Waals surface area contributed by atoms with Crippen LogP contribution in [0.5, 0.6) is 0 Å². The van der Waals surface area contributed by atoms with Crippen molar-refractivity contribution in [3.8, 4) is 0 Å². The molecular formula is C16H29NO4. The van der Waals surface area contributed by atoms with Crippen LogP contribution >= 0.6 is 0 Å². The van der Waals surface area contributed by atoms with Gasteiger partial charge in [0.2, 0.25) is 0 Å². The lowest BCUT2D eigenvalue weighted by atomic mass is 9.93. The minimum Gasteiger partial charge on any atom is -0.480 e. The average Bonchev–Trinajstić information content (AvgIpc) is 2.32. The van der Waals surface area contributed by atoms with Crippen LogP contribution in [0, 0.1) is 11.8 Å². The molecule has 0 aliphatic rings. The van der Waals surface area contributed by atoms with Crippen LogP contribution in [0.25, 0.3) is 0 Å². The van der Waals surface area contributed by atoms with Gasteiger partial charge in [0.25, 0.3) is 0 Å². The van der Waals surface area contributed by atoms with Gasteiger partial charge in [-0.2, -0.15) is 0 Å². The van der Waals surface area contributed by atoms with Gasteiger partial charge < -0.3 is 15.2 Å². The highest BCUT2D eigenvalue weighted by Gasteiger charge is 2.28. The zero-order chi connectivity index (χ0) is 16.6. The van der Waals surface area contributed by atoms with E-state index in [9.17, 15) is 14.7 Å². The van der Waals surface area contributed by atoms with Crippen molar-refractivity contribution in [1.82, 2.24) is 5.32 Å². The summed E-state index contributed by atoms with van der Waals surface area (Å²) in [5, 5.41) is 11.7. The van der Waals surface area contributed by atoms with Crippen molar-refractivity contribution in [2.45, 2.75) is 65.5 Å². The predicted molar refractivity (Wildman–Crippen MR) is 83.2 cm³/mol. The highest BCUT2D eigenvalue weighted by Crippen LogP contribution is 2.17. The Morgan fingerprint density at radius 1 is 1.29 bits per heavy atom. The molecule has 5 nitrogen and oxygen atoms in total. The summed E-state index contributed by atoms with van der Waals surface area (Å²) in [5.74, 6) is -0.781. The molecule has 0 bridgehead atoms. The molecule has 122 valence electrons. The number of hydrogen-bond donors (Lipinski definition) is 2. The first-order valence-electron chi connectivity index (χ1n) is 7.41. The van der Waals surface area contributed by atoms with Crippen LogP contribution in [-0.4, -0.2) is 28.8 Å². The number of allylic oxidation sites excluding steroid dienone is 1. The van der Waals surface area contributed by atoms with Crippen molar-refractivity contribution in [1.29, 1.82) is 0 Å². The van der Waals surface area contributed by atoms with Crippen LogP contribution in [0.2, 0.25) is 0 Å². The first-order chi connectivity index (χ1) is 9.56. The Morgan fingerprint density at radius 2 is 1.86 bits per heavy atom. The number of carbonyl (C=O) groups excluding carboxylic acids is 1. The van der Waals surface area contributed by atoms with Crippen LogP contribution in [0.4, 0.5) is 4.79 Å². The van der Waals surface area contributed by atoms with Gasteiger partial charge in [-0.15, -0.1) is 6.58 Å². The van der Waals surface area contributed by atoms with E-state index in [-0.39, 0.29) is 5.92 Å². The normalized spacial score (nSPS) is 15.7. The van der Waals surface area contributed by atoms with Crippen LogP contribution in [0.3, 0.4) is 0 Å². The number of rotatable bonds is 8. The van der Waals surface area contributed by atoms with Gasteiger partial charge in [0.05, 0.1) is 0 Å². The van der Waals surface area contributed by atoms with Crippen molar-refractivity contribution in [2.24, 2.45) is 11.8 Å². The maximum atomic E-state index is 11.7. The van der Waals surface area contributed by atoms with Crippen molar-refractivity contribution >= 4 is 12.1 Å². The van der Waals surface area contributed by atoms with E-state index >= 15 is 0 Å². The van der Waals surface area contributed by atoms with E-state index in [2.05, 4.69) is 18.8 Å². The van der Waals surface area contributed by atoms with Crippen LogP contribution in [0.1, 0.15) is 53.9 Å². The van der Waals surface area contributed by atoms with Gasteiger partial charge in [-0.05, 0) is 45.4 Å². The summed E-state index contributed by atoms with van der Waals surface area (Å²) in [5.41, 5.74) is -0.643. The molecule has 0 aromatic heterocycles. The standard InChI is InChI=1S/C16H29NO4/c1-7-11(2)9-8-10-12(3)13(14(18)19)17-15(20)21-16(4,5)6/h7,11-13H,1,8-10H2,2-6H3,(H,17,20)(H,18,19). The molecule has 0 rings (SSSR count). The Bertz CT molecular complexity index is 360. The second kappa shape index (κ2) is 8.70. The highest BCUT2D eigenvalue weighted by atomic mass is 16.6. The molecule has 5 heteroatoms. The summed E-state index contributed by atoms with van der Waals surface area (Å²) in [6.45, 7) is 12.8. The molecule has 0 aromatic carbocycles. The third kappa shape index (κ3) is 9.10. The van der Waals surface area contributed by atoms with Gasteiger partial charge in [-0.1, -0.05) is 26.3 Å². The lowest BCUT2D eigenvalue weighted by Crippen LogP contribution is -2.47. The Morgan fingerprint density at radius 3 is 2.29 bits per heavy atom. The molecule has 0 heterocycles. The van der Waals surface area contributed by atoms with Gasteiger partial charge in [-0.3, -0.25) is 0 Å². The molecule has 0 saturated carbocycles. The number of carboxylic acids is 1. The minimum absolute atomic E-state index is 0.160. The monoisotopic (exact) mass is 299 g/mol. The molecule has 0 fully saturated rings. The summed E-state index contributed by atoms with van der Waals surface area (Å²) in [4.78, 5) is 23.0. The Hall–Kier alpha value is -1.52. The number of carbonyl (C=O) groups is 2. The van der Waals surface area contributed by atoms with Gasteiger partial charge in [0.15, 0.2) is 0 Å². The first kappa shape index (κ1) is 19.5. The Labute approximate surface area is 127 Å². The van der Waals surface area contributed by atoms with Gasteiger partial charge in [0.1, 0.15) is 11.6 Å². The molecule has 21 heavy (non-hydrogen) atoms. The van der Waals surface area contributed by atoms with E-state index in [1.165, 1.54) is 0 Å². The highest BCUT2D eigenvalue weighted by molar-refractivity contribution is 5.80. The zero-order valence-corrected chi connectivity index (χ0v) is 13.8. The number of alkyl carbamates (subject to hydrolysis) is 1. The predicted octanol–water partition coefficient (Wildman–Crippen LogP) is 3.59. The smallest absolute Gasteiger partial charge is 0.408 e. The second-order valence-electron chi connectivity index (χ2n) is 6.58. The summed E-state index contributed by atoms with van der Waals surface area (Å²) in [6, 6.07) is -0.932. The quantitative estimate of drug-likeness (QED) is 0.672. The molecule has 0 saturated heterocycles. The fourth-order valence-electron chi connectivity index (χ4n) is 1.93. The van der Waals surface area contributed by atoms with E-state index in [1.807, 2.05) is 13.0 Å². The maximum Gasteiger partial charge on any atom is 0.408 e. The second-order valence-corrected chi connectivity index (χ2v) is 6.58. The van der Waals surface area contributed by atoms with E-state index in [1.54, 1.807) is 20.8 Å². The third-order valence-electron chi connectivity index (χ3n) is 3.23. The van der Waals surface area contributed by atoms with Crippen molar-refractivity contribution in [3.05, 3.63) is 12.7 Å². The van der Waals surface area contributed by atoms with Crippen molar-refractivity contribution in [3.63, 3.8) is 0 Å². The topological polar surface area (TPSA) is 75.6 Å². The SMILES string of the molecule is C=CC(C)CCCC(C)C(NC(=O)OC(C)(C)C)C(=O)O. The van der Waals surface area contributed by atoms with E-state index in [0.29, 0.717) is 5.92 Å². The molecule has 0 radical (unpaired) electrons. The third-order valence-corrected chi connectivity index (χ3v) is 3.23. The number of nitrogens with one attached hydrogen (secondary N) is 1. The summed E-state index contributed by atoms with van der Waals surface area (Å²) in [7, 11) is 0. The van der Waals surface area contributed by atoms with Crippen LogP contribution in [-0.2, 0) is 9.53 Å². The number of amides is 1. The van der Waals surface area contributed by atoms with Crippen LogP contribution < -0.4 is 5.32 Å². The average molecular weight is 299 g/mol. The lowest BCUT2D eigenvalue weighted by Gasteiger charge is -2.25. The number of aliphatic carboxylic acids is 1. The fourth-order valence-corrected chi connectivity index (χ4v) is 1.93. The first-order valence-corrected chi connectivity index (χ1v) is 7.41. The molecule has 0 spiro atoms. The molecule has 1 amide bonds. The van der Waals surface area contributed by atoms with Crippen LogP contribution in [0.15, 0.2) is 12.7 Å².